The van der Waals surface area contributed by atoms with E-state index in [-0.39, 0.29) is 43.7 Å². The van der Waals surface area contributed by atoms with Crippen LogP contribution in [-0.2, 0) is 22.6 Å². The Kier molecular flexibility index (Phi) is 8.31. The number of piperidine rings is 1. The molecule has 0 spiro atoms. The van der Waals surface area contributed by atoms with Crippen molar-refractivity contribution in [3.8, 4) is 17.2 Å². The number of carbonyl (C=O) groups is 3. The van der Waals surface area contributed by atoms with Gasteiger partial charge in [0.2, 0.25) is 5.91 Å². The maximum atomic E-state index is 14.6. The van der Waals surface area contributed by atoms with Crippen molar-refractivity contribution in [3.05, 3.63) is 83.3 Å². The molecule has 4 aromatic rings. The largest absolute Gasteiger partial charge is 0.493 e. The monoisotopic (exact) mass is 601 g/mol. The van der Waals surface area contributed by atoms with Gasteiger partial charge in [-0.3, -0.25) is 19.5 Å². The Morgan fingerprint density at radius 1 is 1.05 bits per heavy atom. The van der Waals surface area contributed by atoms with Crippen molar-refractivity contribution >= 4 is 28.6 Å². The lowest BCUT2D eigenvalue weighted by atomic mass is 10.0. The van der Waals surface area contributed by atoms with Crippen LogP contribution in [0, 0.1) is 5.82 Å². The van der Waals surface area contributed by atoms with E-state index in [2.05, 4.69) is 20.8 Å². The zero-order valence-corrected chi connectivity index (χ0v) is 24.1. The Hall–Kier alpha value is -5.13. The molecule has 11 nitrogen and oxygen atoms in total. The zero-order valence-electron chi connectivity index (χ0n) is 24.1. The Labute approximate surface area is 252 Å². The summed E-state index contributed by atoms with van der Waals surface area (Å²) in [4.78, 5) is 41.0. The number of H-pyrrole nitrogens is 1. The molecule has 0 unspecified atom stereocenters. The number of fused-ring (bicyclic) bond motifs is 6. The van der Waals surface area contributed by atoms with Crippen LogP contribution in [0.15, 0.2) is 60.7 Å². The number of nitrogens with one attached hydrogen (secondary N) is 3. The molecule has 12 heteroatoms. The molecule has 2 aliphatic heterocycles. The van der Waals surface area contributed by atoms with Gasteiger partial charge >= 0.3 is 0 Å². The molecule has 0 aliphatic carbocycles. The number of aromatic nitrogens is 2. The fraction of sp³-hybridized carbons (Fsp3) is 0.312. The molecule has 228 valence electrons. The Morgan fingerprint density at radius 3 is 2.77 bits per heavy atom. The lowest BCUT2D eigenvalue weighted by Gasteiger charge is -2.38. The third-order valence-electron chi connectivity index (χ3n) is 7.79. The number of aromatic amines is 1. The number of nitrogens with zero attached hydrogens (tertiary/aromatic N) is 2. The molecule has 1 aromatic heterocycles. The molecule has 3 heterocycles. The molecule has 1 fully saturated rings. The molecule has 44 heavy (non-hydrogen) atoms. The summed E-state index contributed by atoms with van der Waals surface area (Å²) in [6.07, 6.45) is 0.408. The standard InChI is InChI=1S/C32H32FN5O6/c1-42-27-8-6-19-7-9-29(39)34-16-20-12-21(33)15-22(13-20)44-26-10-11-38(17-25(26)35-30(40)18-43-28(27)14-19)32(41)31-23-4-2-3-5-24(23)36-37-31/h2-6,8,12-15,25-26H,7,9-11,16-18H2,1H3,(H,34,39)(H,35,40)(H,36,37)/t25-,26-/m1/s1. The summed E-state index contributed by atoms with van der Waals surface area (Å²) in [6, 6.07) is 16.3. The van der Waals surface area contributed by atoms with Crippen molar-refractivity contribution in [1.29, 1.82) is 0 Å². The van der Waals surface area contributed by atoms with Gasteiger partial charge in [0.25, 0.3) is 11.8 Å². The first-order valence-electron chi connectivity index (χ1n) is 14.4. The lowest BCUT2D eigenvalue weighted by molar-refractivity contribution is -0.125. The number of carbonyl (C=O) groups excluding carboxylic acids is 3. The predicted octanol–water partition coefficient (Wildman–Crippen LogP) is 3.13. The van der Waals surface area contributed by atoms with Crippen LogP contribution in [0.1, 0.15) is 34.5 Å². The molecular formula is C32H32FN5O6. The van der Waals surface area contributed by atoms with Gasteiger partial charge in [-0.1, -0.05) is 24.3 Å². The molecule has 2 aliphatic rings. The van der Waals surface area contributed by atoms with E-state index < -0.39 is 23.9 Å². The summed E-state index contributed by atoms with van der Waals surface area (Å²) >= 11 is 0. The smallest absolute Gasteiger partial charge is 0.275 e. The van der Waals surface area contributed by atoms with Gasteiger partial charge in [-0.25, -0.2) is 4.39 Å². The summed E-state index contributed by atoms with van der Waals surface area (Å²) < 4.78 is 32.1. The van der Waals surface area contributed by atoms with Gasteiger partial charge < -0.3 is 29.7 Å². The second kappa shape index (κ2) is 12.6. The Bertz CT molecular complexity index is 1710. The summed E-state index contributed by atoms with van der Waals surface area (Å²) in [7, 11) is 1.50. The fourth-order valence-electron chi connectivity index (χ4n) is 5.56. The molecule has 1 saturated heterocycles. The number of para-hydroxylation sites is 1. The van der Waals surface area contributed by atoms with Gasteiger partial charge in [-0.05, 0) is 47.9 Å². The quantitative estimate of drug-likeness (QED) is 0.321. The molecule has 6 rings (SSSR count). The number of benzene rings is 3. The summed E-state index contributed by atoms with van der Waals surface area (Å²) in [5, 5.41) is 13.6. The third kappa shape index (κ3) is 6.43. The van der Waals surface area contributed by atoms with Gasteiger partial charge in [0.1, 0.15) is 17.7 Å². The number of hydrogen-bond donors (Lipinski definition) is 3. The summed E-state index contributed by atoms with van der Waals surface area (Å²) in [5.74, 6) is -0.356. The van der Waals surface area contributed by atoms with Crippen molar-refractivity contribution in [2.45, 2.75) is 38.0 Å². The van der Waals surface area contributed by atoms with Gasteiger partial charge in [0.15, 0.2) is 23.8 Å². The van der Waals surface area contributed by atoms with Crippen molar-refractivity contribution in [1.82, 2.24) is 25.7 Å². The van der Waals surface area contributed by atoms with Crippen LogP contribution in [0.2, 0.25) is 0 Å². The van der Waals surface area contributed by atoms with Crippen LogP contribution in [0.4, 0.5) is 4.39 Å². The number of likely N-dealkylation sites (tertiary alicyclic amines) is 1. The minimum atomic E-state index is -0.646. The number of halogens is 1. The number of methoxy groups -OCH3 is 1. The number of hydrogen-bond acceptors (Lipinski definition) is 7. The first-order valence-corrected chi connectivity index (χ1v) is 14.4. The molecule has 3 aromatic carbocycles. The van der Waals surface area contributed by atoms with Crippen molar-refractivity contribution in [2.24, 2.45) is 0 Å². The number of rotatable bonds is 2. The highest BCUT2D eigenvalue weighted by Gasteiger charge is 2.35. The minimum Gasteiger partial charge on any atom is -0.493 e. The number of ether oxygens (including phenoxy) is 3. The highest BCUT2D eigenvalue weighted by atomic mass is 19.1. The normalized spacial score (nSPS) is 19.4. The molecular weight excluding hydrogens is 569 g/mol. The van der Waals surface area contributed by atoms with Crippen LogP contribution >= 0.6 is 0 Å². The Balaban J connectivity index is 1.28. The van der Waals surface area contributed by atoms with E-state index in [1.54, 1.807) is 23.1 Å². The first-order chi connectivity index (χ1) is 21.4. The zero-order chi connectivity index (χ0) is 30.6. The van der Waals surface area contributed by atoms with Crippen LogP contribution in [0.5, 0.6) is 17.2 Å². The van der Waals surface area contributed by atoms with E-state index in [9.17, 15) is 18.8 Å². The molecule has 4 bridgehead atoms. The molecule has 0 saturated carbocycles. The maximum Gasteiger partial charge on any atom is 0.275 e. The van der Waals surface area contributed by atoms with Crippen LogP contribution in [-0.4, -0.2) is 71.8 Å². The Morgan fingerprint density at radius 2 is 1.91 bits per heavy atom. The topological polar surface area (TPSA) is 135 Å². The van der Waals surface area contributed by atoms with Gasteiger partial charge in [-0.2, -0.15) is 5.10 Å². The summed E-state index contributed by atoms with van der Waals surface area (Å²) in [5.41, 5.74) is 2.39. The average molecular weight is 602 g/mol. The first kappa shape index (κ1) is 29.0. The van der Waals surface area contributed by atoms with Crippen molar-refractivity contribution in [2.75, 3.05) is 26.8 Å². The van der Waals surface area contributed by atoms with Gasteiger partial charge in [0, 0.05) is 43.9 Å². The second-order valence-electron chi connectivity index (χ2n) is 10.8. The second-order valence-corrected chi connectivity index (χ2v) is 10.8. The highest BCUT2D eigenvalue weighted by Crippen LogP contribution is 2.29. The van der Waals surface area contributed by atoms with E-state index in [1.807, 2.05) is 30.3 Å². The fourth-order valence-corrected chi connectivity index (χ4v) is 5.56. The molecule has 3 N–H and O–H groups in total. The lowest BCUT2D eigenvalue weighted by Crippen LogP contribution is -2.58. The maximum absolute atomic E-state index is 14.6. The van der Waals surface area contributed by atoms with Crippen molar-refractivity contribution < 1.29 is 33.0 Å². The van der Waals surface area contributed by atoms with E-state index in [1.165, 1.54) is 19.2 Å². The minimum absolute atomic E-state index is 0.120. The predicted molar refractivity (Wildman–Crippen MR) is 158 cm³/mol. The summed E-state index contributed by atoms with van der Waals surface area (Å²) in [6.45, 7) is 0.253. The van der Waals surface area contributed by atoms with Gasteiger partial charge in [0.05, 0.1) is 18.7 Å². The third-order valence-corrected chi connectivity index (χ3v) is 7.79. The van der Waals surface area contributed by atoms with Crippen LogP contribution < -0.4 is 24.8 Å². The van der Waals surface area contributed by atoms with E-state index in [0.29, 0.717) is 47.5 Å². The van der Waals surface area contributed by atoms with Gasteiger partial charge in [-0.15, -0.1) is 0 Å². The number of amides is 3. The SMILES string of the molecule is COc1ccc2cc1OCC(=O)N[C@@H]1CN(C(=O)c3n[nH]c4ccccc34)CC[C@H]1Oc1cc(F)cc(c1)CNC(=O)CC2. The molecule has 3 amide bonds. The van der Waals surface area contributed by atoms with E-state index >= 15 is 0 Å². The van der Waals surface area contributed by atoms with Crippen molar-refractivity contribution in [3.63, 3.8) is 0 Å². The van der Waals surface area contributed by atoms with Crippen LogP contribution in [0.25, 0.3) is 10.9 Å². The molecule has 2 atom stereocenters. The van der Waals surface area contributed by atoms with E-state index in [0.717, 1.165) is 11.1 Å². The van der Waals surface area contributed by atoms with Crippen LogP contribution in [0.3, 0.4) is 0 Å². The highest BCUT2D eigenvalue weighted by molar-refractivity contribution is 6.04. The average Bonchev–Trinajstić information content (AvgIpc) is 3.46. The number of aryl methyl sites for hydroxylation is 1. The van der Waals surface area contributed by atoms with E-state index in [4.69, 9.17) is 14.2 Å². The molecule has 0 radical (unpaired) electrons.